The summed E-state index contributed by atoms with van der Waals surface area (Å²) in [7, 11) is 4.07. The maximum Gasteiger partial charge on any atom is 0.407 e. The van der Waals surface area contributed by atoms with Crippen LogP contribution < -0.4 is 10.6 Å². The molecule has 15 nitrogen and oxygen atoms in total. The quantitative estimate of drug-likeness (QED) is 0.0879. The van der Waals surface area contributed by atoms with E-state index in [1.807, 2.05) is 24.9 Å². The molecule has 5 aromatic rings. The third-order valence-electron chi connectivity index (χ3n) is 12.4. The number of carbonyl (C=O) groups is 4. The summed E-state index contributed by atoms with van der Waals surface area (Å²) in [6.07, 6.45) is 6.48. The molecule has 15 heteroatoms. The highest BCUT2D eigenvalue weighted by Gasteiger charge is 2.40. The van der Waals surface area contributed by atoms with E-state index in [0.29, 0.717) is 18.9 Å². The van der Waals surface area contributed by atoms with Crippen LogP contribution in [0.3, 0.4) is 0 Å². The van der Waals surface area contributed by atoms with E-state index in [0.717, 1.165) is 88.8 Å². The van der Waals surface area contributed by atoms with Crippen LogP contribution >= 0.6 is 0 Å². The van der Waals surface area contributed by atoms with Gasteiger partial charge in [0, 0.05) is 25.8 Å². The fourth-order valence-corrected chi connectivity index (χ4v) is 8.76. The Morgan fingerprint density at radius 2 is 1.13 bits per heavy atom. The first-order chi connectivity index (χ1) is 29.6. The Kier molecular flexibility index (Phi) is 13.4. The van der Waals surface area contributed by atoms with Gasteiger partial charge in [-0.1, -0.05) is 75.2 Å². The number of rotatable bonds is 14. The molecule has 61 heavy (non-hydrogen) atoms. The fourth-order valence-electron chi connectivity index (χ4n) is 8.76. The molecule has 322 valence electrons. The topological polar surface area (TPSA) is 184 Å². The van der Waals surface area contributed by atoms with Crippen LogP contribution in [-0.4, -0.2) is 106 Å². The number of aromatic amines is 2. The lowest BCUT2D eigenvalue weighted by Crippen LogP contribution is -2.54. The Bertz CT molecular complexity index is 2340. The average molecular weight is 833 g/mol. The van der Waals surface area contributed by atoms with Crippen molar-refractivity contribution in [2.75, 3.05) is 34.4 Å². The van der Waals surface area contributed by atoms with Crippen LogP contribution in [-0.2, 0) is 23.8 Å². The first-order valence-electron chi connectivity index (χ1n) is 21.1. The SMILES string of the molecule is CCC(CC)[C@H](NC(=O)OC)C(=O)N1CCC[C@H]1c1ncc(-c2ccc(-c3ccc4cc(-c5cnc([C@@H]6CCCN6C(=O)[C@@H](NC(=O)OC)[C@@H](C)OC)[nH]5)ccc4c3)cc2)[nH]1. The predicted octanol–water partition coefficient (Wildman–Crippen LogP) is 7.53. The van der Waals surface area contributed by atoms with Gasteiger partial charge in [0.05, 0.1) is 56.2 Å². The number of benzene rings is 3. The van der Waals surface area contributed by atoms with Gasteiger partial charge in [-0.05, 0) is 78.1 Å². The lowest BCUT2D eigenvalue weighted by molar-refractivity contribution is -0.137. The number of likely N-dealkylation sites (tertiary alicyclic amines) is 2. The third kappa shape index (κ3) is 9.11. The van der Waals surface area contributed by atoms with Crippen molar-refractivity contribution >= 4 is 34.8 Å². The van der Waals surface area contributed by atoms with Crippen molar-refractivity contribution < 1.29 is 33.4 Å². The number of hydrogen-bond acceptors (Lipinski definition) is 9. The molecule has 2 saturated heterocycles. The summed E-state index contributed by atoms with van der Waals surface area (Å²) in [6, 6.07) is 19.0. The number of nitrogens with one attached hydrogen (secondary N) is 4. The first-order valence-corrected chi connectivity index (χ1v) is 21.1. The van der Waals surface area contributed by atoms with Crippen molar-refractivity contribution in [3.05, 3.63) is 84.7 Å². The van der Waals surface area contributed by atoms with Crippen LogP contribution in [0.1, 0.15) is 83.0 Å². The minimum Gasteiger partial charge on any atom is -0.453 e. The molecule has 4 N–H and O–H groups in total. The summed E-state index contributed by atoms with van der Waals surface area (Å²) in [5.74, 6) is 1.07. The van der Waals surface area contributed by atoms with Crippen molar-refractivity contribution in [1.29, 1.82) is 0 Å². The molecule has 7 rings (SSSR count). The lowest BCUT2D eigenvalue weighted by atomic mass is 9.93. The summed E-state index contributed by atoms with van der Waals surface area (Å²) in [5.41, 5.74) is 5.84. The van der Waals surface area contributed by atoms with Gasteiger partial charge in [0.2, 0.25) is 11.8 Å². The van der Waals surface area contributed by atoms with E-state index in [2.05, 4.69) is 81.3 Å². The van der Waals surface area contributed by atoms with E-state index in [1.165, 1.54) is 21.3 Å². The number of hydrogen-bond donors (Lipinski definition) is 4. The highest BCUT2D eigenvalue weighted by Crippen LogP contribution is 2.36. The lowest BCUT2D eigenvalue weighted by Gasteiger charge is -2.31. The van der Waals surface area contributed by atoms with E-state index in [9.17, 15) is 19.2 Å². The van der Waals surface area contributed by atoms with Crippen LogP contribution in [0.15, 0.2) is 73.1 Å². The van der Waals surface area contributed by atoms with Gasteiger partial charge in [0.25, 0.3) is 0 Å². The van der Waals surface area contributed by atoms with Crippen molar-refractivity contribution in [2.24, 2.45) is 5.92 Å². The minimum absolute atomic E-state index is 0.00506. The monoisotopic (exact) mass is 832 g/mol. The van der Waals surface area contributed by atoms with Crippen molar-refractivity contribution in [2.45, 2.75) is 89.6 Å². The van der Waals surface area contributed by atoms with Crippen LogP contribution in [0.2, 0.25) is 0 Å². The number of ether oxygens (including phenoxy) is 3. The molecule has 4 amide bonds. The molecular formula is C46H56N8O7. The van der Waals surface area contributed by atoms with Gasteiger partial charge in [-0.15, -0.1) is 0 Å². The molecule has 4 heterocycles. The minimum atomic E-state index is -0.897. The molecule has 3 aromatic carbocycles. The van der Waals surface area contributed by atoms with Crippen LogP contribution in [0, 0.1) is 5.92 Å². The standard InChI is InChI=1S/C46H56N8O7/c1-7-28(8-2)40(52-46(58)61-6)44(56)54-22-10-12-38(54)41-47-25-35(49-41)30-15-13-29(14-16-30)31-17-18-33-24-34(20-19-32(33)23-31)36-26-48-42(50-36)37-11-9-21-53(37)43(55)39(27(3)59-4)51-45(57)60-5/h13-20,23-28,37-40H,7-12,21-22H2,1-6H3,(H,47,49)(H,48,50)(H,51,57)(H,52,58)/t27-,37+,38+,39+,40+/m1/s1. The highest BCUT2D eigenvalue weighted by molar-refractivity contribution is 5.91. The molecule has 0 aliphatic carbocycles. The zero-order chi connectivity index (χ0) is 43.2. The van der Waals surface area contributed by atoms with Crippen LogP contribution in [0.25, 0.3) is 44.4 Å². The number of methoxy groups -OCH3 is 3. The largest absolute Gasteiger partial charge is 0.453 e. The average Bonchev–Trinajstić information content (AvgIpc) is 4.14. The maximum atomic E-state index is 13.9. The molecule has 5 atom stereocenters. The molecule has 0 spiro atoms. The molecule has 0 unspecified atom stereocenters. The predicted molar refractivity (Wildman–Crippen MR) is 231 cm³/mol. The highest BCUT2D eigenvalue weighted by atomic mass is 16.5. The van der Waals surface area contributed by atoms with Crippen molar-refractivity contribution in [3.8, 4) is 33.6 Å². The van der Waals surface area contributed by atoms with Crippen molar-refractivity contribution in [3.63, 3.8) is 0 Å². The molecule has 0 saturated carbocycles. The van der Waals surface area contributed by atoms with Crippen LogP contribution in [0.4, 0.5) is 9.59 Å². The summed E-state index contributed by atoms with van der Waals surface area (Å²) in [5, 5.41) is 7.60. The summed E-state index contributed by atoms with van der Waals surface area (Å²) in [6.45, 7) is 6.94. The molecule has 0 radical (unpaired) electrons. The second-order valence-corrected chi connectivity index (χ2v) is 15.8. The molecule has 0 bridgehead atoms. The number of imidazole rings is 2. The molecule has 2 fully saturated rings. The Hall–Kier alpha value is -6.22. The fraction of sp³-hybridized carbons (Fsp3) is 0.435. The van der Waals surface area contributed by atoms with E-state index < -0.39 is 30.4 Å². The first kappa shape index (κ1) is 42.9. The second-order valence-electron chi connectivity index (χ2n) is 15.8. The Balaban J connectivity index is 1.03. The molecular weight excluding hydrogens is 777 g/mol. The summed E-state index contributed by atoms with van der Waals surface area (Å²) >= 11 is 0. The number of alkyl carbamates (subject to hydrolysis) is 2. The number of fused-ring (bicyclic) bond motifs is 1. The van der Waals surface area contributed by atoms with Gasteiger partial charge < -0.3 is 44.6 Å². The maximum absolute atomic E-state index is 13.9. The van der Waals surface area contributed by atoms with Gasteiger partial charge in [-0.25, -0.2) is 19.6 Å². The smallest absolute Gasteiger partial charge is 0.407 e. The Morgan fingerprint density at radius 3 is 1.66 bits per heavy atom. The normalized spacial score (nSPS) is 18.0. The zero-order valence-electron chi connectivity index (χ0n) is 35.7. The summed E-state index contributed by atoms with van der Waals surface area (Å²) < 4.78 is 15.0. The number of carbonyl (C=O) groups excluding carboxylic acids is 4. The number of amides is 4. The van der Waals surface area contributed by atoms with E-state index >= 15 is 0 Å². The van der Waals surface area contributed by atoms with Gasteiger partial charge in [0.15, 0.2) is 0 Å². The molecule has 2 aliphatic heterocycles. The van der Waals surface area contributed by atoms with Crippen LogP contribution in [0.5, 0.6) is 0 Å². The van der Waals surface area contributed by atoms with E-state index in [1.54, 1.807) is 18.0 Å². The van der Waals surface area contributed by atoms with Gasteiger partial charge in [0.1, 0.15) is 23.7 Å². The molecule has 2 aliphatic rings. The third-order valence-corrected chi connectivity index (χ3v) is 12.4. The number of nitrogens with zero attached hydrogens (tertiary/aromatic N) is 4. The van der Waals surface area contributed by atoms with Gasteiger partial charge >= 0.3 is 12.2 Å². The van der Waals surface area contributed by atoms with Crippen molar-refractivity contribution in [1.82, 2.24) is 40.4 Å². The Morgan fingerprint density at radius 1 is 0.672 bits per heavy atom. The number of H-pyrrole nitrogens is 2. The van der Waals surface area contributed by atoms with E-state index in [4.69, 9.17) is 24.2 Å². The molecule has 2 aromatic heterocycles. The number of aromatic nitrogens is 4. The van der Waals surface area contributed by atoms with Gasteiger partial charge in [-0.2, -0.15) is 0 Å². The zero-order valence-corrected chi connectivity index (χ0v) is 35.7. The van der Waals surface area contributed by atoms with E-state index in [-0.39, 0.29) is 29.8 Å². The Labute approximate surface area is 355 Å². The van der Waals surface area contributed by atoms with Gasteiger partial charge in [-0.3, -0.25) is 9.59 Å². The summed E-state index contributed by atoms with van der Waals surface area (Å²) in [4.78, 5) is 71.8. The second kappa shape index (κ2) is 19.0.